The number of amides is 1. The predicted octanol–water partition coefficient (Wildman–Crippen LogP) is 1.75. The summed E-state index contributed by atoms with van der Waals surface area (Å²) in [5.74, 6) is 5.77. The lowest BCUT2D eigenvalue weighted by Crippen LogP contribution is -2.37. The number of nitrogens with zero attached hydrogens (tertiary/aromatic N) is 1. The Kier molecular flexibility index (Phi) is 4.42. The standard InChI is InChI=1S/C17H20N2O3S/c1-2-23(21,22)19-11-10-15-14(12-19)4-3-5-16(15)18-17(20)9-8-13-6-7-13/h3-5,13H,2,6-7,10-12H2,1H3,(H,18,20). The van der Waals surface area contributed by atoms with Crippen molar-refractivity contribution >= 4 is 21.6 Å². The van der Waals surface area contributed by atoms with Crippen LogP contribution in [0.5, 0.6) is 0 Å². The molecule has 122 valence electrons. The van der Waals surface area contributed by atoms with E-state index in [9.17, 15) is 13.2 Å². The minimum Gasteiger partial charge on any atom is -0.315 e. The fourth-order valence-electron chi connectivity index (χ4n) is 2.67. The monoisotopic (exact) mass is 332 g/mol. The first-order chi connectivity index (χ1) is 11.0. The molecule has 5 nitrogen and oxygen atoms in total. The Hall–Kier alpha value is -1.84. The zero-order valence-electron chi connectivity index (χ0n) is 13.1. The average Bonchev–Trinajstić information content (AvgIpc) is 3.37. The van der Waals surface area contributed by atoms with Crippen molar-refractivity contribution in [3.63, 3.8) is 0 Å². The molecule has 0 aromatic heterocycles. The Morgan fingerprint density at radius 3 is 2.87 bits per heavy atom. The highest BCUT2D eigenvalue weighted by Gasteiger charge is 2.26. The first-order valence-corrected chi connectivity index (χ1v) is 9.51. The van der Waals surface area contributed by atoms with Gasteiger partial charge in [-0.2, -0.15) is 4.31 Å². The number of carbonyl (C=O) groups is 1. The van der Waals surface area contributed by atoms with E-state index in [0.29, 0.717) is 25.4 Å². The van der Waals surface area contributed by atoms with Gasteiger partial charge in [0, 0.05) is 24.7 Å². The first kappa shape index (κ1) is 16.0. The molecule has 0 atom stereocenters. The van der Waals surface area contributed by atoms with E-state index in [1.807, 2.05) is 18.2 Å². The molecule has 1 aromatic rings. The van der Waals surface area contributed by atoms with Crippen LogP contribution >= 0.6 is 0 Å². The van der Waals surface area contributed by atoms with Crippen LogP contribution in [0.3, 0.4) is 0 Å². The van der Waals surface area contributed by atoms with Crippen molar-refractivity contribution in [1.82, 2.24) is 4.31 Å². The van der Waals surface area contributed by atoms with Crippen LogP contribution in [-0.4, -0.2) is 30.9 Å². The molecule has 0 saturated heterocycles. The molecule has 0 bridgehead atoms. The van der Waals surface area contributed by atoms with E-state index >= 15 is 0 Å². The molecule has 1 fully saturated rings. The molecule has 23 heavy (non-hydrogen) atoms. The van der Waals surface area contributed by atoms with Crippen molar-refractivity contribution in [2.24, 2.45) is 5.92 Å². The van der Waals surface area contributed by atoms with Gasteiger partial charge >= 0.3 is 0 Å². The summed E-state index contributed by atoms with van der Waals surface area (Å²) in [6.07, 6.45) is 2.77. The minimum absolute atomic E-state index is 0.107. The summed E-state index contributed by atoms with van der Waals surface area (Å²) in [7, 11) is -3.19. The number of fused-ring (bicyclic) bond motifs is 1. The number of carbonyl (C=O) groups excluding carboxylic acids is 1. The smallest absolute Gasteiger partial charge is 0.300 e. The third kappa shape index (κ3) is 3.74. The largest absolute Gasteiger partial charge is 0.315 e. The van der Waals surface area contributed by atoms with Crippen LogP contribution in [0.15, 0.2) is 18.2 Å². The van der Waals surface area contributed by atoms with Crippen molar-refractivity contribution in [2.75, 3.05) is 17.6 Å². The van der Waals surface area contributed by atoms with E-state index < -0.39 is 10.0 Å². The molecule has 0 unspecified atom stereocenters. The molecule has 6 heteroatoms. The lowest BCUT2D eigenvalue weighted by molar-refractivity contribution is -0.111. The molecule has 3 rings (SSSR count). The number of anilines is 1. The summed E-state index contributed by atoms with van der Waals surface area (Å²) in [6, 6.07) is 5.60. The molecule has 1 aromatic carbocycles. The van der Waals surface area contributed by atoms with Gasteiger partial charge in [-0.15, -0.1) is 0 Å². The molecule has 0 radical (unpaired) electrons. The SMILES string of the molecule is CCS(=O)(=O)N1CCc2c(cccc2NC(=O)C#CC2CC2)C1. The Morgan fingerprint density at radius 2 is 2.17 bits per heavy atom. The maximum Gasteiger partial charge on any atom is 0.300 e. The average molecular weight is 332 g/mol. The van der Waals surface area contributed by atoms with Crippen molar-refractivity contribution in [2.45, 2.75) is 32.7 Å². The predicted molar refractivity (Wildman–Crippen MR) is 89.1 cm³/mol. The van der Waals surface area contributed by atoms with Crippen LogP contribution in [-0.2, 0) is 27.8 Å². The van der Waals surface area contributed by atoms with Crippen molar-refractivity contribution in [3.05, 3.63) is 29.3 Å². The van der Waals surface area contributed by atoms with Gasteiger partial charge in [-0.1, -0.05) is 18.1 Å². The summed E-state index contributed by atoms with van der Waals surface area (Å²) in [5, 5.41) is 2.84. The van der Waals surface area contributed by atoms with Crippen LogP contribution in [0.4, 0.5) is 5.69 Å². The van der Waals surface area contributed by atoms with Crippen LogP contribution in [0.1, 0.15) is 30.9 Å². The highest BCUT2D eigenvalue weighted by Crippen LogP contribution is 2.28. The summed E-state index contributed by atoms with van der Waals surface area (Å²) in [6.45, 7) is 2.47. The minimum atomic E-state index is -3.19. The maximum absolute atomic E-state index is 12.0. The Balaban J connectivity index is 1.77. The molecule has 1 amide bonds. The molecular weight excluding hydrogens is 312 g/mol. The topological polar surface area (TPSA) is 66.5 Å². The second-order valence-electron chi connectivity index (χ2n) is 5.93. The summed E-state index contributed by atoms with van der Waals surface area (Å²) in [4.78, 5) is 11.9. The summed E-state index contributed by atoms with van der Waals surface area (Å²) in [5.41, 5.74) is 2.70. The molecule has 1 heterocycles. The van der Waals surface area contributed by atoms with Crippen LogP contribution in [0, 0.1) is 17.8 Å². The lowest BCUT2D eigenvalue weighted by atomic mass is 9.99. The van der Waals surface area contributed by atoms with Gasteiger partial charge in [-0.05, 0) is 49.3 Å². The lowest BCUT2D eigenvalue weighted by Gasteiger charge is -2.29. The zero-order valence-corrected chi connectivity index (χ0v) is 13.9. The second-order valence-corrected chi connectivity index (χ2v) is 8.18. The summed E-state index contributed by atoms with van der Waals surface area (Å²) < 4.78 is 25.5. The van der Waals surface area contributed by atoms with Crippen molar-refractivity contribution in [3.8, 4) is 11.8 Å². The summed E-state index contributed by atoms with van der Waals surface area (Å²) >= 11 is 0. The number of sulfonamides is 1. The van der Waals surface area contributed by atoms with Gasteiger partial charge in [0.2, 0.25) is 10.0 Å². The fourth-order valence-corrected chi connectivity index (χ4v) is 3.74. The maximum atomic E-state index is 12.0. The second kappa shape index (κ2) is 6.34. The number of rotatable bonds is 3. The molecule has 1 saturated carbocycles. The number of hydrogen-bond donors (Lipinski definition) is 1. The van der Waals surface area contributed by atoms with Crippen LogP contribution in [0.2, 0.25) is 0 Å². The molecule has 2 aliphatic rings. The Bertz CT molecular complexity index is 786. The van der Waals surface area contributed by atoms with E-state index in [1.165, 1.54) is 4.31 Å². The van der Waals surface area contributed by atoms with E-state index in [1.54, 1.807) is 6.92 Å². The molecule has 1 aliphatic heterocycles. The van der Waals surface area contributed by atoms with E-state index in [2.05, 4.69) is 17.2 Å². The third-order valence-electron chi connectivity index (χ3n) is 4.20. The Labute approximate surface area is 137 Å². The molecule has 1 N–H and O–H groups in total. The third-order valence-corrected chi connectivity index (χ3v) is 6.03. The molecular formula is C17H20N2O3S. The highest BCUT2D eigenvalue weighted by molar-refractivity contribution is 7.89. The van der Waals surface area contributed by atoms with E-state index in [-0.39, 0.29) is 11.7 Å². The quantitative estimate of drug-likeness (QED) is 0.858. The van der Waals surface area contributed by atoms with Gasteiger partial charge < -0.3 is 5.32 Å². The molecule has 1 aliphatic carbocycles. The van der Waals surface area contributed by atoms with Gasteiger partial charge in [0.05, 0.1) is 5.75 Å². The number of benzene rings is 1. The van der Waals surface area contributed by atoms with Crippen LogP contribution < -0.4 is 5.32 Å². The van der Waals surface area contributed by atoms with E-state index in [0.717, 1.165) is 29.7 Å². The van der Waals surface area contributed by atoms with Gasteiger partial charge in [0.25, 0.3) is 5.91 Å². The normalized spacial score (nSPS) is 17.8. The Morgan fingerprint density at radius 1 is 1.39 bits per heavy atom. The van der Waals surface area contributed by atoms with Gasteiger partial charge in [0.1, 0.15) is 0 Å². The molecule has 0 spiro atoms. The first-order valence-electron chi connectivity index (χ1n) is 7.90. The zero-order chi connectivity index (χ0) is 16.4. The van der Waals surface area contributed by atoms with Gasteiger partial charge in [-0.3, -0.25) is 4.79 Å². The van der Waals surface area contributed by atoms with Crippen molar-refractivity contribution < 1.29 is 13.2 Å². The number of nitrogens with one attached hydrogen (secondary N) is 1. The highest BCUT2D eigenvalue weighted by atomic mass is 32.2. The van der Waals surface area contributed by atoms with Gasteiger partial charge in [-0.25, -0.2) is 8.42 Å². The van der Waals surface area contributed by atoms with E-state index in [4.69, 9.17) is 0 Å². The number of hydrogen-bond acceptors (Lipinski definition) is 3. The van der Waals surface area contributed by atoms with Crippen LogP contribution in [0.25, 0.3) is 0 Å². The van der Waals surface area contributed by atoms with Crippen molar-refractivity contribution in [1.29, 1.82) is 0 Å². The van der Waals surface area contributed by atoms with Gasteiger partial charge in [0.15, 0.2) is 0 Å². The fraction of sp³-hybridized carbons (Fsp3) is 0.471.